The summed E-state index contributed by atoms with van der Waals surface area (Å²) in [5.74, 6) is 0. The van der Waals surface area contributed by atoms with E-state index in [-0.39, 0.29) is 12.4 Å². The van der Waals surface area contributed by atoms with Crippen LogP contribution in [0.25, 0.3) is 0 Å². The van der Waals surface area contributed by atoms with Crippen LogP contribution in [0.3, 0.4) is 0 Å². The highest BCUT2D eigenvalue weighted by molar-refractivity contribution is 5.85. The Labute approximate surface area is 117 Å². The third-order valence-corrected chi connectivity index (χ3v) is 3.73. The molecule has 1 fully saturated rings. The van der Waals surface area contributed by atoms with E-state index in [0.717, 1.165) is 13.0 Å². The van der Waals surface area contributed by atoms with Crippen molar-refractivity contribution in [3.8, 4) is 0 Å². The Morgan fingerprint density at radius 3 is 2.61 bits per heavy atom. The Morgan fingerprint density at radius 2 is 2.00 bits per heavy atom. The number of hydrogen-bond acceptors (Lipinski definition) is 2. The number of nitrogens with one attached hydrogen (secondary N) is 1. The van der Waals surface area contributed by atoms with Crippen LogP contribution >= 0.6 is 12.4 Å². The molecule has 1 saturated heterocycles. The van der Waals surface area contributed by atoms with Crippen molar-refractivity contribution in [2.75, 3.05) is 33.2 Å². The van der Waals surface area contributed by atoms with Crippen molar-refractivity contribution in [3.63, 3.8) is 0 Å². The normalized spacial score (nSPS) is 23.1. The number of hydrogen-bond donors (Lipinski definition) is 1. The van der Waals surface area contributed by atoms with Crippen LogP contribution in [0.1, 0.15) is 18.9 Å². The van der Waals surface area contributed by atoms with Crippen LogP contribution in [0.5, 0.6) is 0 Å². The van der Waals surface area contributed by atoms with Gasteiger partial charge < -0.3 is 10.2 Å². The van der Waals surface area contributed by atoms with Gasteiger partial charge in [-0.15, -0.1) is 12.4 Å². The molecule has 18 heavy (non-hydrogen) atoms. The molecule has 0 spiro atoms. The van der Waals surface area contributed by atoms with Gasteiger partial charge >= 0.3 is 0 Å². The average molecular weight is 269 g/mol. The number of likely N-dealkylation sites (N-methyl/N-ethyl adjacent to an activating group) is 1. The minimum atomic E-state index is 0. The zero-order chi connectivity index (χ0) is 12.1. The van der Waals surface area contributed by atoms with E-state index in [9.17, 15) is 0 Å². The van der Waals surface area contributed by atoms with Crippen molar-refractivity contribution in [1.29, 1.82) is 0 Å². The lowest BCUT2D eigenvalue weighted by Crippen LogP contribution is -2.36. The lowest BCUT2D eigenvalue weighted by molar-refractivity contribution is 0.211. The van der Waals surface area contributed by atoms with Crippen LogP contribution in [-0.4, -0.2) is 38.1 Å². The molecule has 1 aliphatic heterocycles. The monoisotopic (exact) mass is 268 g/mol. The molecule has 0 aliphatic carbocycles. The fraction of sp³-hybridized carbons (Fsp3) is 0.600. The van der Waals surface area contributed by atoms with Crippen LogP contribution in [0.2, 0.25) is 0 Å². The summed E-state index contributed by atoms with van der Waals surface area (Å²) >= 11 is 0. The number of halogens is 1. The topological polar surface area (TPSA) is 15.3 Å². The maximum absolute atomic E-state index is 3.47. The second-order valence-electron chi connectivity index (χ2n) is 5.71. The van der Waals surface area contributed by atoms with Crippen LogP contribution in [0, 0.1) is 5.41 Å². The molecule has 2 nitrogen and oxygen atoms in total. The zero-order valence-corrected chi connectivity index (χ0v) is 12.3. The lowest BCUT2D eigenvalue weighted by Gasteiger charge is -2.29. The maximum Gasteiger partial charge on any atom is 0.00450 e. The first-order valence-electron chi connectivity index (χ1n) is 6.61. The molecule has 1 unspecified atom stereocenters. The molecule has 1 aromatic carbocycles. The van der Waals surface area contributed by atoms with Gasteiger partial charge in [-0.25, -0.2) is 0 Å². The van der Waals surface area contributed by atoms with Gasteiger partial charge in [0.2, 0.25) is 0 Å². The molecular weight excluding hydrogens is 244 g/mol. The number of benzene rings is 1. The minimum absolute atomic E-state index is 0. The number of nitrogens with zero attached hydrogens (tertiary/aromatic N) is 1. The molecule has 102 valence electrons. The molecule has 1 heterocycles. The van der Waals surface area contributed by atoms with Gasteiger partial charge in [0.05, 0.1) is 0 Å². The largest absolute Gasteiger partial charge is 0.316 e. The van der Waals surface area contributed by atoms with E-state index in [1.165, 1.54) is 31.6 Å². The van der Waals surface area contributed by atoms with E-state index < -0.39 is 0 Å². The first-order valence-corrected chi connectivity index (χ1v) is 6.61. The van der Waals surface area contributed by atoms with Crippen molar-refractivity contribution >= 4 is 12.4 Å². The lowest BCUT2D eigenvalue weighted by atomic mass is 9.89. The molecule has 0 radical (unpaired) electrons. The molecule has 0 aromatic heterocycles. The van der Waals surface area contributed by atoms with E-state index >= 15 is 0 Å². The van der Waals surface area contributed by atoms with Crippen LogP contribution in [0.15, 0.2) is 30.3 Å². The average Bonchev–Trinajstić information content (AvgIpc) is 2.74. The van der Waals surface area contributed by atoms with E-state index in [4.69, 9.17) is 0 Å². The summed E-state index contributed by atoms with van der Waals surface area (Å²) in [4.78, 5) is 2.47. The van der Waals surface area contributed by atoms with E-state index in [2.05, 4.69) is 54.5 Å². The summed E-state index contributed by atoms with van der Waals surface area (Å²) in [6.07, 6.45) is 2.46. The molecular formula is C15H25ClN2. The van der Waals surface area contributed by atoms with Gasteiger partial charge in [0, 0.05) is 19.6 Å². The van der Waals surface area contributed by atoms with E-state index in [0.29, 0.717) is 5.41 Å². The standard InChI is InChI=1S/C15H24N2.ClH/c1-15(9-10-16-12-15)13-17(2)11-8-14-6-4-3-5-7-14;/h3-7,16H,8-13H2,1-2H3;1H. The van der Waals surface area contributed by atoms with Gasteiger partial charge in [0.15, 0.2) is 0 Å². The summed E-state index contributed by atoms with van der Waals surface area (Å²) in [5, 5.41) is 3.47. The molecule has 0 saturated carbocycles. The fourth-order valence-electron chi connectivity index (χ4n) is 2.70. The predicted molar refractivity (Wildman–Crippen MR) is 80.5 cm³/mol. The highest BCUT2D eigenvalue weighted by atomic mass is 35.5. The van der Waals surface area contributed by atoms with Crippen molar-refractivity contribution in [1.82, 2.24) is 10.2 Å². The SMILES string of the molecule is CN(CCc1ccccc1)CC1(C)CCNC1.Cl. The fourth-order valence-corrected chi connectivity index (χ4v) is 2.70. The van der Waals surface area contributed by atoms with Crippen LogP contribution in [-0.2, 0) is 6.42 Å². The summed E-state index contributed by atoms with van der Waals surface area (Å²) in [6.45, 7) is 7.10. The van der Waals surface area contributed by atoms with E-state index in [1.54, 1.807) is 0 Å². The van der Waals surface area contributed by atoms with Crippen molar-refractivity contribution in [2.45, 2.75) is 19.8 Å². The van der Waals surface area contributed by atoms with Crippen molar-refractivity contribution in [2.24, 2.45) is 5.41 Å². The van der Waals surface area contributed by atoms with Gasteiger partial charge in [0.25, 0.3) is 0 Å². The van der Waals surface area contributed by atoms with Crippen molar-refractivity contribution < 1.29 is 0 Å². The molecule has 1 atom stereocenters. The molecule has 1 aromatic rings. The highest BCUT2D eigenvalue weighted by Gasteiger charge is 2.29. The van der Waals surface area contributed by atoms with Gasteiger partial charge in [-0.05, 0) is 37.4 Å². The third-order valence-electron chi connectivity index (χ3n) is 3.73. The van der Waals surface area contributed by atoms with Crippen molar-refractivity contribution in [3.05, 3.63) is 35.9 Å². The van der Waals surface area contributed by atoms with Gasteiger partial charge in [0.1, 0.15) is 0 Å². The third kappa shape index (κ3) is 4.60. The summed E-state index contributed by atoms with van der Waals surface area (Å²) in [7, 11) is 2.24. The van der Waals surface area contributed by atoms with Crippen LogP contribution in [0.4, 0.5) is 0 Å². The summed E-state index contributed by atoms with van der Waals surface area (Å²) in [6, 6.07) is 10.8. The first kappa shape index (κ1) is 15.5. The van der Waals surface area contributed by atoms with Gasteiger partial charge in [-0.2, -0.15) is 0 Å². The molecule has 2 rings (SSSR count). The quantitative estimate of drug-likeness (QED) is 0.883. The molecule has 0 amide bonds. The smallest absolute Gasteiger partial charge is 0.00450 e. The summed E-state index contributed by atoms with van der Waals surface area (Å²) < 4.78 is 0. The Morgan fingerprint density at radius 1 is 1.28 bits per heavy atom. The Balaban J connectivity index is 0.00000162. The molecule has 1 N–H and O–H groups in total. The zero-order valence-electron chi connectivity index (χ0n) is 11.5. The molecule has 0 bridgehead atoms. The first-order chi connectivity index (χ1) is 8.18. The Hall–Kier alpha value is -0.570. The predicted octanol–water partition coefficient (Wildman–Crippen LogP) is 2.58. The second-order valence-corrected chi connectivity index (χ2v) is 5.71. The Bertz CT molecular complexity index is 334. The van der Waals surface area contributed by atoms with Gasteiger partial charge in [-0.1, -0.05) is 37.3 Å². The van der Waals surface area contributed by atoms with Crippen LogP contribution < -0.4 is 5.32 Å². The highest BCUT2D eigenvalue weighted by Crippen LogP contribution is 2.25. The van der Waals surface area contributed by atoms with Gasteiger partial charge in [-0.3, -0.25) is 0 Å². The maximum atomic E-state index is 3.47. The second kappa shape index (κ2) is 7.13. The summed E-state index contributed by atoms with van der Waals surface area (Å²) in [5.41, 5.74) is 1.92. The minimum Gasteiger partial charge on any atom is -0.316 e. The number of rotatable bonds is 5. The molecule has 3 heteroatoms. The molecule has 1 aliphatic rings. The Kier molecular flexibility index (Phi) is 6.13. The van der Waals surface area contributed by atoms with E-state index in [1.807, 2.05) is 0 Å².